The van der Waals surface area contributed by atoms with Crippen LogP contribution in [0.15, 0.2) is 36.4 Å². The van der Waals surface area contributed by atoms with Crippen LogP contribution in [0.3, 0.4) is 0 Å². The minimum Gasteiger partial charge on any atom is -0.507 e. The summed E-state index contributed by atoms with van der Waals surface area (Å²) in [5.74, 6) is 4.97. The van der Waals surface area contributed by atoms with Crippen LogP contribution >= 0.6 is 11.6 Å². The number of aliphatic hydroxyl groups is 1. The molecule has 1 heterocycles. The number of phenols is 1. The van der Waals surface area contributed by atoms with Crippen molar-refractivity contribution >= 4 is 11.6 Å². The number of aromatic hydroxyl groups is 1. The first-order chi connectivity index (χ1) is 16.1. The third-order valence-electron chi connectivity index (χ3n) is 4.98. The highest BCUT2D eigenvalue weighted by Crippen LogP contribution is 2.44. The van der Waals surface area contributed by atoms with Gasteiger partial charge in [0.15, 0.2) is 5.69 Å². The van der Waals surface area contributed by atoms with Crippen LogP contribution in [-0.4, -0.2) is 26.0 Å². The second-order valence-electron chi connectivity index (χ2n) is 8.36. The molecule has 0 spiro atoms. The minimum absolute atomic E-state index is 0.0941. The maximum Gasteiger partial charge on any atom is 0.435 e. The predicted molar refractivity (Wildman–Crippen MR) is 119 cm³/mol. The monoisotopic (exact) mass is 516 g/mol. The summed E-state index contributed by atoms with van der Waals surface area (Å²) in [6.45, 7) is 3.18. The molecule has 2 aromatic carbocycles. The first-order valence-corrected chi connectivity index (χ1v) is 10.5. The van der Waals surface area contributed by atoms with Gasteiger partial charge in [0.25, 0.3) is 0 Å². The molecule has 0 atom stereocenters. The maximum atomic E-state index is 13.4. The second-order valence-corrected chi connectivity index (χ2v) is 8.76. The van der Waals surface area contributed by atoms with Crippen LogP contribution in [0, 0.1) is 11.8 Å². The fraction of sp³-hybridized carbons (Fsp3) is 0.292. The van der Waals surface area contributed by atoms with Crippen LogP contribution in [-0.2, 0) is 12.4 Å². The van der Waals surface area contributed by atoms with Crippen molar-refractivity contribution in [1.29, 1.82) is 0 Å². The summed E-state index contributed by atoms with van der Waals surface area (Å²) in [4.78, 5) is 0. The molecule has 0 saturated heterocycles. The molecule has 0 radical (unpaired) electrons. The van der Waals surface area contributed by atoms with Crippen molar-refractivity contribution in [2.45, 2.75) is 44.6 Å². The lowest BCUT2D eigenvalue weighted by atomic mass is 9.93. The van der Waals surface area contributed by atoms with E-state index in [1.54, 1.807) is 13.8 Å². The molecule has 0 saturated carbocycles. The molecule has 1 aromatic heterocycles. The molecule has 0 fully saturated rings. The molecule has 3 aromatic rings. The number of halogens is 7. The molecule has 0 bridgehead atoms. The highest BCUT2D eigenvalue weighted by molar-refractivity contribution is 6.31. The lowest BCUT2D eigenvalue weighted by Crippen LogP contribution is -2.17. The van der Waals surface area contributed by atoms with E-state index < -0.39 is 40.0 Å². The number of H-pyrrole nitrogens is 1. The summed E-state index contributed by atoms with van der Waals surface area (Å²) in [6.07, 6.45) is -8.97. The van der Waals surface area contributed by atoms with E-state index in [-0.39, 0.29) is 34.4 Å². The van der Waals surface area contributed by atoms with E-state index in [1.165, 1.54) is 18.2 Å². The minimum atomic E-state index is -4.79. The average Bonchev–Trinajstić information content (AvgIpc) is 3.21. The van der Waals surface area contributed by atoms with Crippen LogP contribution in [0.25, 0.3) is 22.4 Å². The SMILES string of the molecule is CC(C)(O)CCC#Cc1ccc(-c2cc(C(F)(F)F)n[nH]2)c(O)c1-c1ccc(Cl)c(C(F)(F)F)c1. The van der Waals surface area contributed by atoms with Gasteiger partial charge in [-0.2, -0.15) is 31.4 Å². The van der Waals surface area contributed by atoms with Crippen LogP contribution < -0.4 is 0 Å². The third-order valence-corrected chi connectivity index (χ3v) is 5.31. The Labute approximate surface area is 201 Å². The number of phenolic OH excluding ortho intramolecular Hbond substituents is 1. The summed E-state index contributed by atoms with van der Waals surface area (Å²) >= 11 is 5.71. The normalized spacial score (nSPS) is 12.4. The standard InChI is InChI=1S/C24H19ClF6N2O2/c1-22(2,35)10-4-3-5-13-6-8-15(18-12-19(33-32-18)24(29,30)31)21(34)20(13)14-7-9-17(25)16(11-14)23(26,27)28/h6-9,11-12,34-35H,4,10H2,1-2H3,(H,32,33). The number of nitrogens with zero attached hydrogens (tertiary/aromatic N) is 1. The fourth-order valence-electron chi connectivity index (χ4n) is 3.23. The van der Waals surface area contributed by atoms with E-state index in [2.05, 4.69) is 22.0 Å². The molecule has 0 unspecified atom stereocenters. The van der Waals surface area contributed by atoms with Gasteiger partial charge in [0.1, 0.15) is 5.75 Å². The van der Waals surface area contributed by atoms with Gasteiger partial charge >= 0.3 is 12.4 Å². The number of alkyl halides is 6. The van der Waals surface area contributed by atoms with Gasteiger partial charge in [-0.15, -0.1) is 0 Å². The number of benzene rings is 2. The average molecular weight is 517 g/mol. The van der Waals surface area contributed by atoms with Crippen LogP contribution in [0.2, 0.25) is 5.02 Å². The highest BCUT2D eigenvalue weighted by Gasteiger charge is 2.35. The summed E-state index contributed by atoms with van der Waals surface area (Å²) < 4.78 is 79.3. The Hall–Kier alpha value is -3.16. The molecule has 35 heavy (non-hydrogen) atoms. The Bertz CT molecular complexity index is 1290. The van der Waals surface area contributed by atoms with Crippen LogP contribution in [0.4, 0.5) is 26.3 Å². The van der Waals surface area contributed by atoms with Crippen molar-refractivity contribution in [1.82, 2.24) is 10.2 Å². The zero-order valence-electron chi connectivity index (χ0n) is 18.4. The smallest absolute Gasteiger partial charge is 0.435 e. The third kappa shape index (κ3) is 6.29. The maximum absolute atomic E-state index is 13.4. The lowest BCUT2D eigenvalue weighted by molar-refractivity contribution is -0.141. The molecule has 3 N–H and O–H groups in total. The molecular formula is C24H19ClF6N2O2. The summed E-state index contributed by atoms with van der Waals surface area (Å²) in [5, 5.41) is 25.6. The first-order valence-electron chi connectivity index (χ1n) is 10.2. The summed E-state index contributed by atoms with van der Waals surface area (Å²) in [5.41, 5.74) is -3.76. The second kappa shape index (κ2) is 9.47. The zero-order chi connectivity index (χ0) is 26.2. The molecule has 0 amide bonds. The van der Waals surface area contributed by atoms with Crippen molar-refractivity contribution in [2.75, 3.05) is 0 Å². The molecule has 0 aliphatic heterocycles. The van der Waals surface area contributed by atoms with Gasteiger partial charge in [-0.05, 0) is 56.2 Å². The van der Waals surface area contributed by atoms with E-state index in [0.29, 0.717) is 12.5 Å². The topological polar surface area (TPSA) is 69.1 Å². The summed E-state index contributed by atoms with van der Waals surface area (Å²) in [7, 11) is 0. The Balaban J connectivity index is 2.19. The Morgan fingerprint density at radius 2 is 1.69 bits per heavy atom. The molecule has 0 aliphatic carbocycles. The predicted octanol–water partition coefficient (Wildman–Crippen LogP) is 7.04. The van der Waals surface area contributed by atoms with Crippen LogP contribution in [0.1, 0.15) is 43.5 Å². The molecular weight excluding hydrogens is 498 g/mol. The van der Waals surface area contributed by atoms with Crippen molar-refractivity contribution in [3.8, 4) is 40.0 Å². The van der Waals surface area contributed by atoms with E-state index in [0.717, 1.165) is 12.1 Å². The molecule has 3 rings (SSSR count). The van der Waals surface area contributed by atoms with Gasteiger partial charge in [-0.3, -0.25) is 5.10 Å². The van der Waals surface area contributed by atoms with Crippen molar-refractivity contribution in [2.24, 2.45) is 0 Å². The Kier molecular flexibility index (Phi) is 7.16. The first kappa shape index (κ1) is 26.4. The summed E-state index contributed by atoms with van der Waals surface area (Å²) in [6, 6.07) is 6.32. The number of aromatic amines is 1. The Morgan fingerprint density at radius 3 is 2.26 bits per heavy atom. The van der Waals surface area contributed by atoms with Gasteiger partial charge in [-0.1, -0.05) is 29.5 Å². The molecule has 186 valence electrons. The zero-order valence-corrected chi connectivity index (χ0v) is 19.1. The van der Waals surface area contributed by atoms with Gasteiger partial charge in [0.05, 0.1) is 21.9 Å². The van der Waals surface area contributed by atoms with Gasteiger partial charge in [0.2, 0.25) is 0 Å². The van der Waals surface area contributed by atoms with E-state index >= 15 is 0 Å². The molecule has 11 heteroatoms. The number of aromatic nitrogens is 2. The Morgan fingerprint density at radius 1 is 1.00 bits per heavy atom. The van der Waals surface area contributed by atoms with Gasteiger partial charge in [0, 0.05) is 23.1 Å². The van der Waals surface area contributed by atoms with E-state index in [9.17, 15) is 36.6 Å². The van der Waals surface area contributed by atoms with Crippen molar-refractivity contribution in [3.63, 3.8) is 0 Å². The van der Waals surface area contributed by atoms with Crippen LogP contribution in [0.5, 0.6) is 5.75 Å². The van der Waals surface area contributed by atoms with E-state index in [4.69, 9.17) is 11.6 Å². The number of hydrogen-bond acceptors (Lipinski definition) is 3. The largest absolute Gasteiger partial charge is 0.507 e. The number of rotatable bonds is 4. The van der Waals surface area contributed by atoms with Gasteiger partial charge < -0.3 is 10.2 Å². The fourth-order valence-corrected chi connectivity index (χ4v) is 3.46. The van der Waals surface area contributed by atoms with Gasteiger partial charge in [-0.25, -0.2) is 0 Å². The van der Waals surface area contributed by atoms with E-state index in [1.807, 2.05) is 0 Å². The van der Waals surface area contributed by atoms with Crippen molar-refractivity contribution < 1.29 is 36.6 Å². The molecule has 0 aliphatic rings. The number of nitrogens with one attached hydrogen (secondary N) is 1. The number of hydrogen-bond donors (Lipinski definition) is 3. The van der Waals surface area contributed by atoms with Crippen molar-refractivity contribution in [3.05, 3.63) is 58.2 Å². The lowest BCUT2D eigenvalue weighted by Gasteiger charge is -2.15. The highest BCUT2D eigenvalue weighted by atomic mass is 35.5. The quantitative estimate of drug-likeness (QED) is 0.257. The molecule has 4 nitrogen and oxygen atoms in total.